The number of carboxylic acids is 1. The third kappa shape index (κ3) is 4.96. The van der Waals surface area contributed by atoms with E-state index in [9.17, 15) is 9.18 Å². The van der Waals surface area contributed by atoms with Crippen molar-refractivity contribution in [1.82, 2.24) is 9.38 Å². The van der Waals surface area contributed by atoms with Crippen LogP contribution >= 0.6 is 0 Å². The van der Waals surface area contributed by atoms with E-state index in [-0.39, 0.29) is 18.2 Å². The molecule has 0 radical (unpaired) electrons. The van der Waals surface area contributed by atoms with E-state index in [2.05, 4.69) is 16.8 Å². The Labute approximate surface area is 185 Å². The number of hydrogen-bond donors (Lipinski definition) is 1. The highest BCUT2D eigenvalue weighted by molar-refractivity contribution is 5.69. The summed E-state index contributed by atoms with van der Waals surface area (Å²) in [5, 5.41) is 9.08. The van der Waals surface area contributed by atoms with Gasteiger partial charge in [-0.2, -0.15) is 0 Å². The number of aliphatic carboxylic acids is 1. The number of hydrogen-bond acceptors (Lipinski definition) is 3. The fourth-order valence-electron chi connectivity index (χ4n) is 3.45. The first kappa shape index (κ1) is 21.1. The lowest BCUT2D eigenvalue weighted by molar-refractivity contribution is -0.137. The molecule has 2 aromatic carbocycles. The van der Waals surface area contributed by atoms with E-state index in [1.54, 1.807) is 19.1 Å². The first-order valence-electron chi connectivity index (χ1n) is 10.1. The molecule has 1 unspecified atom stereocenters. The van der Waals surface area contributed by atoms with E-state index >= 15 is 0 Å². The van der Waals surface area contributed by atoms with E-state index in [1.807, 2.05) is 53.2 Å². The summed E-state index contributed by atoms with van der Waals surface area (Å²) in [6.07, 6.45) is 3.81. The van der Waals surface area contributed by atoms with Gasteiger partial charge in [-0.1, -0.05) is 24.1 Å². The molecule has 4 rings (SSSR count). The van der Waals surface area contributed by atoms with Crippen LogP contribution in [0.3, 0.4) is 0 Å². The molecule has 6 heteroatoms. The third-order valence-corrected chi connectivity index (χ3v) is 5.04. The van der Waals surface area contributed by atoms with Crippen molar-refractivity contribution < 1.29 is 19.0 Å². The van der Waals surface area contributed by atoms with Crippen molar-refractivity contribution >= 4 is 11.6 Å². The summed E-state index contributed by atoms with van der Waals surface area (Å²) in [6, 6.07) is 17.5. The second kappa shape index (κ2) is 9.36. The molecule has 5 nitrogen and oxygen atoms in total. The molecule has 4 aromatic rings. The summed E-state index contributed by atoms with van der Waals surface area (Å²) in [4.78, 5) is 15.6. The van der Waals surface area contributed by atoms with Gasteiger partial charge in [0.25, 0.3) is 0 Å². The maximum atomic E-state index is 13.2. The number of carbonyl (C=O) groups is 1. The first-order valence-corrected chi connectivity index (χ1v) is 10.1. The fourth-order valence-corrected chi connectivity index (χ4v) is 3.45. The smallest absolute Gasteiger partial charge is 0.304 e. The zero-order valence-electron chi connectivity index (χ0n) is 17.5. The Bertz CT molecular complexity index is 1300. The minimum absolute atomic E-state index is 0.0358. The average molecular weight is 428 g/mol. The molecular weight excluding hydrogens is 407 g/mol. The molecule has 2 heterocycles. The second-order valence-corrected chi connectivity index (χ2v) is 7.34. The van der Waals surface area contributed by atoms with Crippen LogP contribution < -0.4 is 4.74 Å². The van der Waals surface area contributed by atoms with Gasteiger partial charge in [0.2, 0.25) is 0 Å². The van der Waals surface area contributed by atoms with Crippen molar-refractivity contribution in [3.63, 3.8) is 0 Å². The molecule has 0 saturated heterocycles. The summed E-state index contributed by atoms with van der Waals surface area (Å²) in [7, 11) is 0. The van der Waals surface area contributed by atoms with Gasteiger partial charge in [0, 0.05) is 23.5 Å². The highest BCUT2D eigenvalue weighted by Crippen LogP contribution is 2.23. The number of aromatic nitrogens is 2. The predicted molar refractivity (Wildman–Crippen MR) is 120 cm³/mol. The molecule has 1 N–H and O–H groups in total. The minimum Gasteiger partial charge on any atom is -0.489 e. The molecule has 0 fully saturated rings. The topological polar surface area (TPSA) is 63.8 Å². The molecular formula is C26H21FN2O3. The normalized spacial score (nSPS) is 11.6. The molecule has 2 aromatic heterocycles. The van der Waals surface area contributed by atoms with Gasteiger partial charge in [0.15, 0.2) is 0 Å². The molecule has 0 spiro atoms. The number of pyridine rings is 1. The number of fused-ring (bicyclic) bond motifs is 1. The number of imidazole rings is 1. The number of rotatable bonds is 7. The van der Waals surface area contributed by atoms with Gasteiger partial charge in [-0.05, 0) is 55.0 Å². The lowest BCUT2D eigenvalue weighted by Crippen LogP contribution is -2.04. The fraction of sp³-hybridized carbons (Fsp3) is 0.154. The number of halogens is 1. The molecule has 0 saturated carbocycles. The third-order valence-electron chi connectivity index (χ3n) is 5.04. The zero-order valence-corrected chi connectivity index (χ0v) is 17.5. The van der Waals surface area contributed by atoms with Crippen LogP contribution in [0.2, 0.25) is 0 Å². The van der Waals surface area contributed by atoms with Crippen molar-refractivity contribution in [2.45, 2.75) is 25.9 Å². The quantitative estimate of drug-likeness (QED) is 0.406. The summed E-state index contributed by atoms with van der Waals surface area (Å²) < 4.78 is 21.0. The number of benzene rings is 2. The summed E-state index contributed by atoms with van der Waals surface area (Å²) in [5.41, 5.74) is 4.22. The zero-order chi connectivity index (χ0) is 22.5. The van der Waals surface area contributed by atoms with Crippen LogP contribution in [0, 0.1) is 17.7 Å². The number of ether oxygens (including phenoxy) is 1. The van der Waals surface area contributed by atoms with Crippen LogP contribution in [0.15, 0.2) is 73.1 Å². The van der Waals surface area contributed by atoms with Gasteiger partial charge in [0.05, 0.1) is 18.0 Å². The van der Waals surface area contributed by atoms with Crippen molar-refractivity contribution in [2.24, 2.45) is 0 Å². The van der Waals surface area contributed by atoms with Crippen LogP contribution in [0.25, 0.3) is 16.9 Å². The predicted octanol–water partition coefficient (Wildman–Crippen LogP) is 5.30. The molecule has 0 aliphatic carbocycles. The minimum atomic E-state index is -0.879. The van der Waals surface area contributed by atoms with E-state index in [0.717, 1.165) is 28.0 Å². The van der Waals surface area contributed by atoms with Gasteiger partial charge in [0.1, 0.15) is 23.8 Å². The largest absolute Gasteiger partial charge is 0.489 e. The highest BCUT2D eigenvalue weighted by Gasteiger charge is 2.13. The Kier molecular flexibility index (Phi) is 6.18. The van der Waals surface area contributed by atoms with E-state index < -0.39 is 5.97 Å². The Hall–Kier alpha value is -4.11. The maximum Gasteiger partial charge on any atom is 0.304 e. The maximum absolute atomic E-state index is 13.2. The van der Waals surface area contributed by atoms with E-state index in [1.165, 1.54) is 12.1 Å². The van der Waals surface area contributed by atoms with Crippen LogP contribution in [-0.4, -0.2) is 20.5 Å². The van der Waals surface area contributed by atoms with Gasteiger partial charge in [-0.15, -0.1) is 5.92 Å². The van der Waals surface area contributed by atoms with E-state index in [0.29, 0.717) is 12.4 Å². The Morgan fingerprint density at radius 2 is 1.84 bits per heavy atom. The van der Waals surface area contributed by atoms with Gasteiger partial charge in [-0.3, -0.25) is 4.79 Å². The van der Waals surface area contributed by atoms with E-state index in [4.69, 9.17) is 9.84 Å². The molecule has 0 aliphatic heterocycles. The monoisotopic (exact) mass is 428 g/mol. The molecule has 0 amide bonds. The van der Waals surface area contributed by atoms with Gasteiger partial charge in [-0.25, -0.2) is 9.37 Å². The highest BCUT2D eigenvalue weighted by atomic mass is 19.1. The van der Waals surface area contributed by atoms with Gasteiger partial charge >= 0.3 is 5.97 Å². The second-order valence-electron chi connectivity index (χ2n) is 7.34. The number of carboxylic acid groups (broad SMARTS) is 1. The molecule has 32 heavy (non-hydrogen) atoms. The van der Waals surface area contributed by atoms with Crippen molar-refractivity contribution in [2.75, 3.05) is 0 Å². The lowest BCUT2D eigenvalue weighted by Gasteiger charge is -2.11. The number of nitrogens with zero attached hydrogens (tertiary/aromatic N) is 2. The Morgan fingerprint density at radius 3 is 2.53 bits per heavy atom. The molecule has 0 aliphatic rings. The van der Waals surface area contributed by atoms with Crippen molar-refractivity contribution in [1.29, 1.82) is 0 Å². The Balaban J connectivity index is 1.45. The van der Waals surface area contributed by atoms with Gasteiger partial charge < -0.3 is 14.2 Å². The van der Waals surface area contributed by atoms with Crippen LogP contribution in [0.5, 0.6) is 5.75 Å². The Morgan fingerprint density at radius 1 is 1.09 bits per heavy atom. The lowest BCUT2D eigenvalue weighted by atomic mass is 9.96. The van der Waals surface area contributed by atoms with Crippen molar-refractivity contribution in [3.05, 3.63) is 90.0 Å². The van der Waals surface area contributed by atoms with Crippen LogP contribution in [0.4, 0.5) is 4.39 Å². The first-order chi connectivity index (χ1) is 15.5. The van der Waals surface area contributed by atoms with Crippen LogP contribution in [0.1, 0.15) is 30.4 Å². The summed E-state index contributed by atoms with van der Waals surface area (Å²) in [6.45, 7) is 2.07. The average Bonchev–Trinajstić information content (AvgIpc) is 3.21. The molecule has 160 valence electrons. The van der Waals surface area contributed by atoms with Crippen LogP contribution in [-0.2, 0) is 11.4 Å². The summed E-state index contributed by atoms with van der Waals surface area (Å²) in [5.74, 6) is 4.92. The van der Waals surface area contributed by atoms with Crippen molar-refractivity contribution in [3.8, 4) is 28.8 Å². The molecule has 0 bridgehead atoms. The SMILES string of the molecule is CC#CC(CC(=O)O)c1ccc(OCc2ccc3nc(-c4ccc(F)cc4)cn3c2)cc1. The standard InChI is InChI=1S/C26H21FN2O3/c1-2-3-21(14-26(30)31)19-7-11-23(12-8-19)32-17-18-4-13-25-28-24(16-29(25)15-18)20-5-9-22(27)10-6-20/h4-13,15-16,21H,14,17H2,1H3,(H,30,31). The molecule has 1 atom stereocenters. The summed E-state index contributed by atoms with van der Waals surface area (Å²) >= 11 is 0.